The van der Waals surface area contributed by atoms with Crippen molar-refractivity contribution in [1.29, 1.82) is 0 Å². The van der Waals surface area contributed by atoms with Crippen LogP contribution in [0, 0.1) is 0 Å². The van der Waals surface area contributed by atoms with Crippen LogP contribution in [0.25, 0.3) is 0 Å². The molecule has 13 nitrogen and oxygen atoms in total. The van der Waals surface area contributed by atoms with Gasteiger partial charge in [0.05, 0.1) is 57.7 Å². The van der Waals surface area contributed by atoms with Gasteiger partial charge in [-0.05, 0) is 237 Å². The lowest BCUT2D eigenvalue weighted by Crippen LogP contribution is -2.43. The van der Waals surface area contributed by atoms with Gasteiger partial charge in [-0.15, -0.1) is 0 Å². The second-order valence-electron chi connectivity index (χ2n) is 23.9. The summed E-state index contributed by atoms with van der Waals surface area (Å²) < 4.78 is 4.98. The molecule has 13 heteroatoms. The van der Waals surface area contributed by atoms with Crippen molar-refractivity contribution >= 4 is 11.9 Å². The van der Waals surface area contributed by atoms with Crippen molar-refractivity contribution in [2.24, 2.45) is 0 Å². The number of rotatable bonds is 40. The molecule has 0 saturated carbocycles. The Hall–Kier alpha value is -2.20. The molecule has 0 heterocycles. The third kappa shape index (κ3) is 36.4. The van der Waals surface area contributed by atoms with Gasteiger partial charge in [-0.1, -0.05) is 34.9 Å². The van der Waals surface area contributed by atoms with Crippen LogP contribution in [0.2, 0.25) is 0 Å². The van der Waals surface area contributed by atoms with E-state index in [2.05, 4.69) is 32.9 Å². The molecular formula is C56H104O13. The largest absolute Gasteiger partial charge is 0.481 e. The van der Waals surface area contributed by atoms with Gasteiger partial charge in [0, 0.05) is 0 Å². The molecule has 69 heavy (non-hydrogen) atoms. The fourth-order valence-electron chi connectivity index (χ4n) is 9.05. The predicted molar refractivity (Wildman–Crippen MR) is 277 cm³/mol. The van der Waals surface area contributed by atoms with E-state index in [0.717, 1.165) is 44.1 Å². The van der Waals surface area contributed by atoms with E-state index in [0.29, 0.717) is 109 Å². The van der Waals surface area contributed by atoms with Gasteiger partial charge in [0.15, 0.2) is 0 Å². The number of esters is 1. The van der Waals surface area contributed by atoms with Crippen LogP contribution in [-0.2, 0) is 14.3 Å². The summed E-state index contributed by atoms with van der Waals surface area (Å²) in [4.78, 5) is 22.9. The van der Waals surface area contributed by atoms with Gasteiger partial charge in [-0.25, -0.2) is 0 Å². The standard InChI is InChI=1S/C56H104O13/c1-43(2)22-14-27-49(5,61)29-17-31-51(7,63)33-19-35-53(9,65)37-21-38-54(10,66)36-20-34-52(8,64)32-18-30-50(6,62)28-15-25-44(3)23-13-24-45(4)26-16-39-56(12,68)46(57)42-69-48(60)41-55(11,67)40-47(58)59/h22-23,26,46,57,61-68H,13-21,24-25,27-42H2,1-12H3,(H,58,59). The Morgan fingerprint density at radius 3 is 1.14 bits per heavy atom. The van der Waals surface area contributed by atoms with Crippen molar-refractivity contribution < 1.29 is 65.4 Å². The normalized spacial score (nSPS) is 20.1. The van der Waals surface area contributed by atoms with E-state index in [1.807, 2.05) is 54.5 Å². The summed E-state index contributed by atoms with van der Waals surface area (Å²) in [5.41, 5.74) is -4.84. The highest BCUT2D eigenvalue weighted by molar-refractivity contribution is 5.73. The fraction of sp³-hybridized carbons (Fsp3) is 0.857. The number of carboxylic acid groups (broad SMARTS) is 1. The van der Waals surface area contributed by atoms with Crippen molar-refractivity contribution in [3.8, 4) is 0 Å². The number of hydrogen-bond donors (Lipinski definition) is 10. The van der Waals surface area contributed by atoms with E-state index in [1.54, 1.807) is 0 Å². The number of ether oxygens (including phenoxy) is 1. The summed E-state index contributed by atoms with van der Waals surface area (Å²) >= 11 is 0. The topological polar surface area (TPSA) is 246 Å². The van der Waals surface area contributed by atoms with Crippen LogP contribution in [0.1, 0.15) is 250 Å². The highest BCUT2D eigenvalue weighted by Crippen LogP contribution is 2.32. The molecule has 0 spiro atoms. The molecule has 0 aliphatic carbocycles. The maximum Gasteiger partial charge on any atom is 0.308 e. The second kappa shape index (κ2) is 30.7. The van der Waals surface area contributed by atoms with Gasteiger partial charge in [-0.3, -0.25) is 9.59 Å². The SMILES string of the molecule is CC(C)=CCCC(C)(O)CCCC(C)(O)CCCC(C)(O)CCCC(C)(O)CCCC(C)(O)CCCC(C)(O)CCCC(C)=CCCC(C)=CCCC(C)(O)C(O)COC(=O)CC(C)(O)CC(=O)O. The first-order chi connectivity index (χ1) is 31.4. The minimum Gasteiger partial charge on any atom is -0.481 e. The first-order valence-corrected chi connectivity index (χ1v) is 26.2. The van der Waals surface area contributed by atoms with Crippen molar-refractivity contribution in [3.63, 3.8) is 0 Å². The van der Waals surface area contributed by atoms with E-state index in [4.69, 9.17) is 9.84 Å². The van der Waals surface area contributed by atoms with Crippen LogP contribution in [0.3, 0.4) is 0 Å². The van der Waals surface area contributed by atoms with Crippen LogP contribution >= 0.6 is 0 Å². The first-order valence-electron chi connectivity index (χ1n) is 26.2. The molecular weight excluding hydrogens is 881 g/mol. The van der Waals surface area contributed by atoms with Crippen LogP contribution in [0.5, 0.6) is 0 Å². The van der Waals surface area contributed by atoms with E-state index in [-0.39, 0.29) is 6.42 Å². The van der Waals surface area contributed by atoms with E-state index in [9.17, 15) is 55.5 Å². The van der Waals surface area contributed by atoms with E-state index >= 15 is 0 Å². The number of carbonyl (C=O) groups excluding carboxylic acids is 1. The van der Waals surface area contributed by atoms with Crippen LogP contribution in [-0.4, -0.2) is 121 Å². The number of carboxylic acids is 1. The number of hydrogen-bond acceptors (Lipinski definition) is 12. The molecule has 9 atom stereocenters. The van der Waals surface area contributed by atoms with Crippen molar-refractivity contribution in [2.45, 2.75) is 301 Å². The summed E-state index contributed by atoms with van der Waals surface area (Å²) in [7, 11) is 0. The van der Waals surface area contributed by atoms with Gasteiger partial charge < -0.3 is 55.8 Å². The molecule has 10 N–H and O–H groups in total. The maximum absolute atomic E-state index is 12.0. The number of aliphatic hydroxyl groups is 9. The highest BCUT2D eigenvalue weighted by atomic mass is 16.5. The summed E-state index contributed by atoms with van der Waals surface area (Å²) in [6.07, 6.45) is 19.2. The lowest BCUT2D eigenvalue weighted by molar-refractivity contribution is -0.159. The van der Waals surface area contributed by atoms with Crippen LogP contribution < -0.4 is 0 Å². The lowest BCUT2D eigenvalue weighted by atomic mass is 9.83. The summed E-state index contributed by atoms with van der Waals surface area (Å²) in [6, 6.07) is 0. The summed E-state index contributed by atoms with van der Waals surface area (Å²) in [5.74, 6) is -2.12. The fourth-order valence-corrected chi connectivity index (χ4v) is 9.05. The molecule has 0 aliphatic heterocycles. The first kappa shape index (κ1) is 66.8. The molecule has 0 bridgehead atoms. The molecule has 0 radical (unpaired) electrons. The molecule has 0 amide bonds. The third-order valence-corrected chi connectivity index (χ3v) is 14.0. The van der Waals surface area contributed by atoms with E-state index < -0.39 is 82.3 Å². The molecule has 0 aliphatic rings. The van der Waals surface area contributed by atoms with Gasteiger partial charge in [-0.2, -0.15) is 0 Å². The molecule has 0 fully saturated rings. The van der Waals surface area contributed by atoms with Crippen LogP contribution in [0.4, 0.5) is 0 Å². The average Bonchev–Trinajstić information content (AvgIpc) is 3.14. The zero-order valence-electron chi connectivity index (χ0n) is 45.6. The minimum absolute atomic E-state index is 0.227. The number of aliphatic hydroxyl groups excluding tert-OH is 1. The van der Waals surface area contributed by atoms with Gasteiger partial charge in [0.25, 0.3) is 0 Å². The minimum atomic E-state index is -1.78. The second-order valence-corrected chi connectivity index (χ2v) is 23.9. The summed E-state index contributed by atoms with van der Waals surface area (Å²) in [6.45, 7) is 21.4. The molecule has 0 aromatic heterocycles. The Labute approximate surface area is 418 Å². The maximum atomic E-state index is 12.0. The molecule has 9 unspecified atom stereocenters. The molecule has 0 aromatic rings. The zero-order chi connectivity index (χ0) is 53.4. The number of allylic oxidation sites excluding steroid dienone is 6. The third-order valence-electron chi connectivity index (χ3n) is 14.0. The lowest BCUT2D eigenvalue weighted by Gasteiger charge is -2.30. The quantitative estimate of drug-likeness (QED) is 0.0203. The van der Waals surface area contributed by atoms with Crippen LogP contribution in [0.15, 0.2) is 34.9 Å². The Morgan fingerprint density at radius 2 is 0.768 bits per heavy atom. The Bertz CT molecular complexity index is 1560. The average molecular weight is 985 g/mol. The van der Waals surface area contributed by atoms with Crippen molar-refractivity contribution in [3.05, 3.63) is 34.9 Å². The number of carbonyl (C=O) groups is 2. The Morgan fingerprint density at radius 1 is 0.435 bits per heavy atom. The Kier molecular flexibility index (Phi) is 29.8. The molecule has 0 rings (SSSR count). The zero-order valence-corrected chi connectivity index (χ0v) is 45.6. The van der Waals surface area contributed by atoms with Gasteiger partial charge >= 0.3 is 11.9 Å². The van der Waals surface area contributed by atoms with Crippen molar-refractivity contribution in [2.75, 3.05) is 6.61 Å². The Balaban J connectivity index is 4.47. The van der Waals surface area contributed by atoms with Crippen molar-refractivity contribution in [1.82, 2.24) is 0 Å². The monoisotopic (exact) mass is 985 g/mol. The molecule has 0 saturated heterocycles. The highest BCUT2D eigenvalue weighted by Gasteiger charge is 2.34. The number of aliphatic carboxylic acids is 1. The van der Waals surface area contributed by atoms with Gasteiger partial charge in [0.1, 0.15) is 12.7 Å². The van der Waals surface area contributed by atoms with E-state index in [1.165, 1.54) is 25.0 Å². The van der Waals surface area contributed by atoms with Gasteiger partial charge in [0.2, 0.25) is 0 Å². The summed E-state index contributed by atoms with van der Waals surface area (Å²) in [5, 5.41) is 106. The predicted octanol–water partition coefficient (Wildman–Crippen LogP) is 9.98. The molecule has 406 valence electrons. The molecule has 0 aromatic carbocycles. The smallest absolute Gasteiger partial charge is 0.308 e.